The van der Waals surface area contributed by atoms with Gasteiger partial charge in [-0.3, -0.25) is 14.4 Å². The first-order chi connectivity index (χ1) is 13.4. The number of ketones is 1. The third-order valence-electron chi connectivity index (χ3n) is 4.54. The summed E-state index contributed by atoms with van der Waals surface area (Å²) >= 11 is 6.15. The van der Waals surface area contributed by atoms with Crippen molar-refractivity contribution in [3.8, 4) is 0 Å². The molecule has 1 aliphatic rings. The Balaban J connectivity index is 1.95. The van der Waals surface area contributed by atoms with Crippen molar-refractivity contribution < 1.29 is 22.8 Å². The fraction of sp³-hybridized carbons (Fsp3) is 0.250. The molecule has 0 spiro atoms. The second-order valence-corrected chi connectivity index (χ2v) is 9.69. The molecule has 0 unspecified atom stereocenters. The van der Waals surface area contributed by atoms with Crippen molar-refractivity contribution in [2.75, 3.05) is 15.4 Å². The summed E-state index contributed by atoms with van der Waals surface area (Å²) in [6.45, 7) is 4.50. The van der Waals surface area contributed by atoms with Gasteiger partial charge in [0.1, 0.15) is 0 Å². The molecule has 152 valence electrons. The third kappa shape index (κ3) is 4.04. The number of anilines is 2. The molecule has 1 N–H and O–H groups in total. The maximum atomic E-state index is 12.7. The minimum atomic E-state index is -3.91. The molecular weight excluding hydrogens is 416 g/mol. The summed E-state index contributed by atoms with van der Waals surface area (Å²) in [4.78, 5) is 36.8. The highest BCUT2D eigenvalue weighted by Crippen LogP contribution is 2.39. The van der Waals surface area contributed by atoms with Gasteiger partial charge in [-0.1, -0.05) is 23.7 Å². The van der Waals surface area contributed by atoms with Crippen LogP contribution in [0.15, 0.2) is 42.5 Å². The molecule has 3 rings (SSSR count). The Kier molecular flexibility index (Phi) is 5.27. The number of benzene rings is 2. The first kappa shape index (κ1) is 21.0. The van der Waals surface area contributed by atoms with E-state index in [4.69, 9.17) is 11.6 Å². The lowest BCUT2D eigenvalue weighted by molar-refractivity contribution is -0.123. The first-order valence-electron chi connectivity index (χ1n) is 8.72. The molecule has 0 atom stereocenters. The molecule has 1 aliphatic heterocycles. The molecule has 0 saturated carbocycles. The lowest BCUT2D eigenvalue weighted by Crippen LogP contribution is -2.33. The van der Waals surface area contributed by atoms with E-state index in [1.807, 2.05) is 0 Å². The average Bonchev–Trinajstić information content (AvgIpc) is 2.78. The Labute approximate surface area is 173 Å². The first-order valence-corrected chi connectivity index (χ1v) is 10.7. The fourth-order valence-corrected chi connectivity index (χ4v) is 5.44. The van der Waals surface area contributed by atoms with Gasteiger partial charge in [-0.2, -0.15) is 0 Å². The number of rotatable bonds is 4. The Morgan fingerprint density at radius 3 is 2.38 bits per heavy atom. The van der Waals surface area contributed by atoms with Gasteiger partial charge in [-0.25, -0.2) is 12.7 Å². The highest BCUT2D eigenvalue weighted by molar-refractivity contribution is 7.94. The molecule has 9 heteroatoms. The number of Topliss-reactive ketones (excluding diaryl/α,β-unsaturated/α-hetero) is 1. The summed E-state index contributed by atoms with van der Waals surface area (Å²) < 4.78 is 25.7. The van der Waals surface area contributed by atoms with E-state index in [2.05, 4.69) is 5.32 Å². The summed E-state index contributed by atoms with van der Waals surface area (Å²) in [6, 6.07) is 10.5. The minimum absolute atomic E-state index is 0.0368. The molecule has 0 radical (unpaired) electrons. The van der Waals surface area contributed by atoms with Crippen LogP contribution in [0.3, 0.4) is 0 Å². The molecule has 0 aliphatic carbocycles. The second-order valence-electron chi connectivity index (χ2n) is 7.47. The number of carbonyl (C=O) groups excluding carboxylic acids is 3. The molecule has 7 nitrogen and oxygen atoms in total. The fourth-order valence-electron chi connectivity index (χ4n) is 3.07. The van der Waals surface area contributed by atoms with Crippen LogP contribution in [-0.2, 0) is 14.8 Å². The van der Waals surface area contributed by atoms with E-state index in [0.29, 0.717) is 15.6 Å². The van der Waals surface area contributed by atoms with Crippen LogP contribution >= 0.6 is 11.6 Å². The Morgan fingerprint density at radius 2 is 1.79 bits per heavy atom. The zero-order chi connectivity index (χ0) is 21.6. The summed E-state index contributed by atoms with van der Waals surface area (Å²) in [5, 5.41) is 2.69. The van der Waals surface area contributed by atoms with Crippen molar-refractivity contribution in [1.82, 2.24) is 0 Å². The lowest BCUT2D eigenvalue weighted by atomic mass is 9.95. The summed E-state index contributed by atoms with van der Waals surface area (Å²) in [5.41, 5.74) is -0.188. The predicted octanol–water partition coefficient (Wildman–Crippen LogP) is 3.50. The lowest BCUT2D eigenvalue weighted by Gasteiger charge is -2.19. The van der Waals surface area contributed by atoms with Crippen molar-refractivity contribution in [3.63, 3.8) is 0 Å². The zero-order valence-electron chi connectivity index (χ0n) is 16.0. The zero-order valence-corrected chi connectivity index (χ0v) is 17.6. The number of hydrogen-bond donors (Lipinski definition) is 1. The third-order valence-corrected chi connectivity index (χ3v) is 6.86. The Morgan fingerprint density at radius 1 is 1.10 bits per heavy atom. The van der Waals surface area contributed by atoms with E-state index < -0.39 is 27.3 Å². The van der Waals surface area contributed by atoms with E-state index in [1.165, 1.54) is 31.2 Å². The Bertz CT molecular complexity index is 1140. The maximum absolute atomic E-state index is 12.7. The molecule has 2 aromatic rings. The second kappa shape index (κ2) is 7.27. The monoisotopic (exact) mass is 434 g/mol. The number of amides is 2. The SMILES string of the molecule is CC(=O)c1cccc(NC(=O)c2ccc(Cl)c(N3C(=O)C(C)(C)CS3(=O)=O)c2)c1. The molecular formula is C20H19ClN2O5S. The van der Waals surface area contributed by atoms with Gasteiger partial charge in [-0.05, 0) is 51.1 Å². The van der Waals surface area contributed by atoms with Gasteiger partial charge < -0.3 is 5.32 Å². The standard InChI is InChI=1S/C20H19ClN2O5S/c1-12(24)13-5-4-6-15(9-13)22-18(25)14-7-8-16(21)17(10-14)23-19(26)20(2,3)11-29(23,27)28/h4-10H,11H2,1-3H3,(H,22,25). The molecule has 29 heavy (non-hydrogen) atoms. The highest BCUT2D eigenvalue weighted by Gasteiger charge is 2.50. The summed E-state index contributed by atoms with van der Waals surface area (Å²) in [6.07, 6.45) is 0. The van der Waals surface area contributed by atoms with E-state index in [1.54, 1.807) is 32.0 Å². The van der Waals surface area contributed by atoms with Crippen LogP contribution in [0.5, 0.6) is 0 Å². The van der Waals surface area contributed by atoms with Crippen molar-refractivity contribution in [1.29, 1.82) is 0 Å². The van der Waals surface area contributed by atoms with Crippen LogP contribution in [0.2, 0.25) is 5.02 Å². The molecule has 1 heterocycles. The molecule has 1 saturated heterocycles. The van der Waals surface area contributed by atoms with Crippen LogP contribution in [-0.4, -0.2) is 31.8 Å². The maximum Gasteiger partial charge on any atom is 0.255 e. The smallest absolute Gasteiger partial charge is 0.255 e. The largest absolute Gasteiger partial charge is 0.322 e. The summed E-state index contributed by atoms with van der Waals surface area (Å²) in [5.74, 6) is -1.63. The van der Waals surface area contributed by atoms with E-state index >= 15 is 0 Å². The van der Waals surface area contributed by atoms with E-state index in [-0.39, 0.29) is 27.8 Å². The minimum Gasteiger partial charge on any atom is -0.322 e. The van der Waals surface area contributed by atoms with Gasteiger partial charge in [0, 0.05) is 16.8 Å². The van der Waals surface area contributed by atoms with Crippen molar-refractivity contribution >= 4 is 50.6 Å². The van der Waals surface area contributed by atoms with E-state index in [0.717, 1.165) is 0 Å². The van der Waals surface area contributed by atoms with Gasteiger partial charge >= 0.3 is 0 Å². The highest BCUT2D eigenvalue weighted by atomic mass is 35.5. The van der Waals surface area contributed by atoms with Crippen LogP contribution in [0, 0.1) is 5.41 Å². The average molecular weight is 435 g/mol. The van der Waals surface area contributed by atoms with Crippen molar-refractivity contribution in [2.24, 2.45) is 5.41 Å². The Hall–Kier alpha value is -2.71. The quantitative estimate of drug-likeness (QED) is 0.742. The van der Waals surface area contributed by atoms with Gasteiger partial charge in [-0.15, -0.1) is 0 Å². The normalized spacial score (nSPS) is 17.2. The molecule has 2 amide bonds. The van der Waals surface area contributed by atoms with Gasteiger partial charge in [0.05, 0.1) is 21.9 Å². The topological polar surface area (TPSA) is 101 Å². The van der Waals surface area contributed by atoms with Gasteiger partial charge in [0.15, 0.2) is 5.78 Å². The van der Waals surface area contributed by atoms with Crippen LogP contribution in [0.4, 0.5) is 11.4 Å². The number of halogens is 1. The number of carbonyl (C=O) groups is 3. The number of hydrogen-bond acceptors (Lipinski definition) is 5. The summed E-state index contributed by atoms with van der Waals surface area (Å²) in [7, 11) is -3.91. The van der Waals surface area contributed by atoms with Gasteiger partial charge in [0.25, 0.3) is 5.91 Å². The molecule has 2 aromatic carbocycles. The van der Waals surface area contributed by atoms with Gasteiger partial charge in [0.2, 0.25) is 15.9 Å². The van der Waals surface area contributed by atoms with Crippen molar-refractivity contribution in [3.05, 3.63) is 58.6 Å². The van der Waals surface area contributed by atoms with Crippen LogP contribution in [0.25, 0.3) is 0 Å². The number of nitrogens with zero attached hydrogens (tertiary/aromatic N) is 1. The molecule has 0 aromatic heterocycles. The van der Waals surface area contributed by atoms with Crippen molar-refractivity contribution in [2.45, 2.75) is 20.8 Å². The van der Waals surface area contributed by atoms with E-state index in [9.17, 15) is 22.8 Å². The van der Waals surface area contributed by atoms with Crippen LogP contribution in [0.1, 0.15) is 41.5 Å². The molecule has 0 bridgehead atoms. The predicted molar refractivity (Wildman–Crippen MR) is 111 cm³/mol. The number of sulfonamides is 1. The van der Waals surface area contributed by atoms with Crippen LogP contribution < -0.4 is 9.62 Å². The molecule has 1 fully saturated rings. The number of nitrogens with one attached hydrogen (secondary N) is 1.